The summed E-state index contributed by atoms with van der Waals surface area (Å²) in [6, 6.07) is 0. The Morgan fingerprint density at radius 2 is 2.08 bits per heavy atom. The largest absolute Gasteiger partial charge is 0.395 e. The number of aliphatic hydroxyl groups excluding tert-OH is 3. The molecule has 5 nitrogen and oxygen atoms in total. The van der Waals surface area contributed by atoms with Crippen LogP contribution in [0.3, 0.4) is 0 Å². The highest BCUT2D eigenvalue weighted by Crippen LogP contribution is 1.91. The Kier molecular flexibility index (Phi) is 7.33. The summed E-state index contributed by atoms with van der Waals surface area (Å²) in [7, 11) is 0. The molecule has 0 rings (SSSR count). The third-order valence-corrected chi connectivity index (χ3v) is 1.30. The van der Waals surface area contributed by atoms with Gasteiger partial charge >= 0.3 is 0 Å². The third-order valence-electron chi connectivity index (χ3n) is 1.30. The number of nitrogens with zero attached hydrogens (tertiary/aromatic N) is 1. The lowest BCUT2D eigenvalue weighted by Crippen LogP contribution is -2.35. The first-order chi connectivity index (χ1) is 5.70. The fourth-order valence-electron chi connectivity index (χ4n) is 0.894. The minimum atomic E-state index is -0.459. The molecule has 0 radical (unpaired) electrons. The van der Waals surface area contributed by atoms with E-state index in [2.05, 4.69) is 0 Å². The van der Waals surface area contributed by atoms with Gasteiger partial charge in [0, 0.05) is 13.1 Å². The molecule has 0 aliphatic carbocycles. The summed E-state index contributed by atoms with van der Waals surface area (Å²) in [4.78, 5) is 1.71. The zero-order valence-corrected chi connectivity index (χ0v) is 7.31. The molecule has 0 aliphatic heterocycles. The first-order valence-electron chi connectivity index (χ1n) is 3.90. The normalized spacial score (nSPS) is 13.8. The van der Waals surface area contributed by atoms with Crippen molar-refractivity contribution in [2.75, 3.05) is 33.2 Å². The average Bonchev–Trinajstić information content (AvgIpc) is 2.00. The van der Waals surface area contributed by atoms with Crippen molar-refractivity contribution < 1.29 is 20.1 Å². The van der Waals surface area contributed by atoms with Gasteiger partial charge in [0.05, 0.1) is 12.7 Å². The molecule has 0 aliphatic rings. The van der Waals surface area contributed by atoms with E-state index in [4.69, 9.17) is 20.1 Å². The van der Waals surface area contributed by atoms with Gasteiger partial charge in [-0.2, -0.15) is 0 Å². The molecule has 0 saturated carbocycles. The lowest BCUT2D eigenvalue weighted by atomic mass is 10.4. The van der Waals surface area contributed by atoms with Crippen LogP contribution >= 0.6 is 0 Å². The van der Waals surface area contributed by atoms with Gasteiger partial charge in [0.15, 0.2) is 0 Å². The Morgan fingerprint density at radius 1 is 1.42 bits per heavy atom. The maximum Gasteiger partial charge on any atom is 0.145 e. The molecule has 0 spiro atoms. The highest BCUT2D eigenvalue weighted by atomic mass is 16.6. The summed E-state index contributed by atoms with van der Waals surface area (Å²) in [5, 5.41) is 26.0. The first-order valence-corrected chi connectivity index (χ1v) is 3.90. The van der Waals surface area contributed by atoms with Gasteiger partial charge < -0.3 is 20.1 Å². The maximum absolute atomic E-state index is 9.01. The molecule has 3 N–H and O–H groups in total. The Hall–Kier alpha value is -0.200. The Bertz CT molecular complexity index is 99.4. The van der Waals surface area contributed by atoms with Crippen LogP contribution in [-0.4, -0.2) is 59.5 Å². The molecule has 5 heteroatoms. The summed E-state index contributed by atoms with van der Waals surface area (Å²) in [5.41, 5.74) is 0. The Morgan fingerprint density at radius 3 is 2.50 bits per heavy atom. The second kappa shape index (κ2) is 7.45. The summed E-state index contributed by atoms with van der Waals surface area (Å²) >= 11 is 0. The molecule has 0 aromatic carbocycles. The lowest BCUT2D eigenvalue weighted by molar-refractivity contribution is -0.0650. The molecule has 74 valence electrons. The maximum atomic E-state index is 9.01. The molecule has 0 heterocycles. The molecule has 0 fully saturated rings. The van der Waals surface area contributed by atoms with Crippen LogP contribution in [0.5, 0.6) is 0 Å². The van der Waals surface area contributed by atoms with Gasteiger partial charge in [0.2, 0.25) is 0 Å². The van der Waals surface area contributed by atoms with Gasteiger partial charge in [-0.1, -0.05) is 0 Å². The SMILES string of the molecule is CC(O)CN(CCO)COCO. The van der Waals surface area contributed by atoms with E-state index < -0.39 is 6.10 Å². The van der Waals surface area contributed by atoms with E-state index in [1.54, 1.807) is 11.8 Å². The summed E-state index contributed by atoms with van der Waals surface area (Å²) in [6.07, 6.45) is -0.459. The van der Waals surface area contributed by atoms with Crippen LogP contribution in [0.2, 0.25) is 0 Å². The van der Waals surface area contributed by atoms with Crippen molar-refractivity contribution in [2.45, 2.75) is 13.0 Å². The van der Waals surface area contributed by atoms with Crippen molar-refractivity contribution in [3.8, 4) is 0 Å². The third kappa shape index (κ3) is 6.51. The van der Waals surface area contributed by atoms with Crippen molar-refractivity contribution in [2.24, 2.45) is 0 Å². The monoisotopic (exact) mass is 179 g/mol. The summed E-state index contributed by atoms with van der Waals surface area (Å²) < 4.78 is 4.71. The molecule has 0 bridgehead atoms. The number of rotatable bonds is 7. The smallest absolute Gasteiger partial charge is 0.145 e. The molecule has 0 amide bonds. The molecular weight excluding hydrogens is 162 g/mol. The minimum absolute atomic E-state index is 0.0154. The van der Waals surface area contributed by atoms with E-state index in [0.29, 0.717) is 13.1 Å². The zero-order valence-electron chi connectivity index (χ0n) is 7.31. The van der Waals surface area contributed by atoms with Gasteiger partial charge in [0.1, 0.15) is 13.5 Å². The molecule has 0 aromatic heterocycles. The fourth-order valence-corrected chi connectivity index (χ4v) is 0.894. The number of hydrogen-bond donors (Lipinski definition) is 3. The average molecular weight is 179 g/mol. The van der Waals surface area contributed by atoms with Crippen molar-refractivity contribution >= 4 is 0 Å². The van der Waals surface area contributed by atoms with Crippen molar-refractivity contribution in [1.29, 1.82) is 0 Å². The predicted octanol–water partition coefficient (Wildman–Crippen LogP) is -1.41. The van der Waals surface area contributed by atoms with Crippen molar-refractivity contribution in [3.63, 3.8) is 0 Å². The molecule has 1 atom stereocenters. The van der Waals surface area contributed by atoms with Crippen LogP contribution in [0, 0.1) is 0 Å². The molecular formula is C7H17NO4. The fraction of sp³-hybridized carbons (Fsp3) is 1.00. The first kappa shape index (κ1) is 11.8. The molecule has 1 unspecified atom stereocenters. The van der Waals surface area contributed by atoms with Gasteiger partial charge in [-0.25, -0.2) is 0 Å². The quantitative estimate of drug-likeness (QED) is 0.419. The highest BCUT2D eigenvalue weighted by molar-refractivity contribution is 4.56. The topological polar surface area (TPSA) is 73.2 Å². The summed E-state index contributed by atoms with van der Waals surface area (Å²) in [6.45, 7) is 2.42. The van der Waals surface area contributed by atoms with E-state index in [9.17, 15) is 0 Å². The Balaban J connectivity index is 3.54. The lowest BCUT2D eigenvalue weighted by Gasteiger charge is -2.21. The van der Waals surface area contributed by atoms with Gasteiger partial charge in [-0.15, -0.1) is 0 Å². The van der Waals surface area contributed by atoms with Crippen LogP contribution in [0.15, 0.2) is 0 Å². The summed E-state index contributed by atoms with van der Waals surface area (Å²) in [5.74, 6) is 0. The van der Waals surface area contributed by atoms with Crippen LogP contribution < -0.4 is 0 Å². The number of hydrogen-bond acceptors (Lipinski definition) is 5. The van der Waals surface area contributed by atoms with Gasteiger partial charge in [-0.3, -0.25) is 4.90 Å². The highest BCUT2D eigenvalue weighted by Gasteiger charge is 2.06. The van der Waals surface area contributed by atoms with Crippen LogP contribution in [-0.2, 0) is 4.74 Å². The minimum Gasteiger partial charge on any atom is -0.395 e. The van der Waals surface area contributed by atoms with Gasteiger partial charge in [0.25, 0.3) is 0 Å². The van der Waals surface area contributed by atoms with E-state index >= 15 is 0 Å². The van der Waals surface area contributed by atoms with Crippen molar-refractivity contribution in [1.82, 2.24) is 4.90 Å². The van der Waals surface area contributed by atoms with Crippen LogP contribution in [0.25, 0.3) is 0 Å². The van der Waals surface area contributed by atoms with Crippen molar-refractivity contribution in [3.05, 3.63) is 0 Å². The Labute approximate surface area is 72.2 Å². The van der Waals surface area contributed by atoms with Gasteiger partial charge in [-0.05, 0) is 6.92 Å². The molecule has 12 heavy (non-hydrogen) atoms. The number of ether oxygens (including phenoxy) is 1. The second-order valence-electron chi connectivity index (χ2n) is 2.61. The van der Waals surface area contributed by atoms with E-state index in [0.717, 1.165) is 0 Å². The van der Waals surface area contributed by atoms with E-state index in [1.807, 2.05) is 0 Å². The van der Waals surface area contributed by atoms with E-state index in [-0.39, 0.29) is 20.1 Å². The standard InChI is InChI=1S/C7H17NO4/c1-7(11)4-8(2-3-9)5-12-6-10/h7,9-11H,2-6H2,1H3. The van der Waals surface area contributed by atoms with Crippen LogP contribution in [0.1, 0.15) is 6.92 Å². The zero-order chi connectivity index (χ0) is 9.40. The molecule has 0 aromatic rings. The molecule has 0 saturated heterocycles. The van der Waals surface area contributed by atoms with E-state index in [1.165, 1.54) is 0 Å². The number of aliphatic hydroxyl groups is 3. The predicted molar refractivity (Wildman–Crippen MR) is 43.4 cm³/mol. The van der Waals surface area contributed by atoms with Crippen LogP contribution in [0.4, 0.5) is 0 Å². The second-order valence-corrected chi connectivity index (χ2v) is 2.61.